The lowest BCUT2D eigenvalue weighted by Gasteiger charge is -2.30. The van der Waals surface area contributed by atoms with Crippen LogP contribution in [0.3, 0.4) is 0 Å². The highest BCUT2D eigenvalue weighted by Gasteiger charge is 2.44. The predicted octanol–water partition coefficient (Wildman–Crippen LogP) is 13.3. The van der Waals surface area contributed by atoms with Crippen molar-refractivity contribution in [3.63, 3.8) is 0 Å². The van der Waals surface area contributed by atoms with Crippen LogP contribution in [0.1, 0.15) is 140 Å². The average molecular weight is 665 g/mol. The standard InChI is InChI=1S/C38H48Br2/c1-5-7-9-11-13-15-21-37(3)33-23-27(39)17-19-29(33)31-26-36-32(25-35(31)37)30-20-18-28(40)24-34(30)38(36,4)22-16-14-12-10-8-6-2/h17-20,23-26H,5-16,21-22H2,1-4H3. The summed E-state index contributed by atoms with van der Waals surface area (Å²) in [5.41, 5.74) is 12.1. The van der Waals surface area contributed by atoms with Gasteiger partial charge in [-0.1, -0.05) is 149 Å². The summed E-state index contributed by atoms with van der Waals surface area (Å²) < 4.78 is 2.40. The van der Waals surface area contributed by atoms with Crippen molar-refractivity contribution < 1.29 is 0 Å². The number of hydrogen-bond acceptors (Lipinski definition) is 0. The summed E-state index contributed by atoms with van der Waals surface area (Å²) in [5, 5.41) is 0. The van der Waals surface area contributed by atoms with Crippen LogP contribution in [-0.2, 0) is 10.8 Å². The molecule has 5 rings (SSSR count). The van der Waals surface area contributed by atoms with Crippen LogP contribution in [0.15, 0.2) is 57.5 Å². The third-order valence-electron chi connectivity index (χ3n) is 10.1. The number of rotatable bonds is 14. The summed E-state index contributed by atoms with van der Waals surface area (Å²) in [6.45, 7) is 9.66. The van der Waals surface area contributed by atoms with Gasteiger partial charge in [0, 0.05) is 19.8 Å². The Kier molecular flexibility index (Phi) is 9.68. The summed E-state index contributed by atoms with van der Waals surface area (Å²) in [6.07, 6.45) is 18.6. The number of unbranched alkanes of at least 4 members (excludes halogenated alkanes) is 10. The van der Waals surface area contributed by atoms with Crippen molar-refractivity contribution in [1.82, 2.24) is 0 Å². The van der Waals surface area contributed by atoms with E-state index in [-0.39, 0.29) is 10.8 Å². The zero-order chi connectivity index (χ0) is 28.3. The van der Waals surface area contributed by atoms with Gasteiger partial charge < -0.3 is 0 Å². The predicted molar refractivity (Wildman–Crippen MR) is 182 cm³/mol. The maximum atomic E-state index is 3.82. The number of fused-ring (bicyclic) bond motifs is 6. The van der Waals surface area contributed by atoms with Crippen LogP contribution >= 0.6 is 31.9 Å². The third-order valence-corrected chi connectivity index (χ3v) is 11.1. The highest BCUT2D eigenvalue weighted by molar-refractivity contribution is 9.10. The van der Waals surface area contributed by atoms with E-state index in [9.17, 15) is 0 Å². The van der Waals surface area contributed by atoms with Crippen LogP contribution in [-0.4, -0.2) is 0 Å². The summed E-state index contributed by atoms with van der Waals surface area (Å²) in [4.78, 5) is 0. The molecule has 0 bridgehead atoms. The molecule has 0 radical (unpaired) electrons. The highest BCUT2D eigenvalue weighted by Crippen LogP contribution is 2.58. The summed E-state index contributed by atoms with van der Waals surface area (Å²) in [7, 11) is 0. The normalized spacial score (nSPS) is 20.4. The maximum Gasteiger partial charge on any atom is 0.0187 e. The van der Waals surface area contributed by atoms with Gasteiger partial charge in [-0.2, -0.15) is 0 Å². The molecule has 0 aliphatic heterocycles. The topological polar surface area (TPSA) is 0 Å². The first-order valence-corrected chi connectivity index (χ1v) is 17.7. The van der Waals surface area contributed by atoms with Crippen molar-refractivity contribution >= 4 is 31.9 Å². The third kappa shape index (κ3) is 5.66. The van der Waals surface area contributed by atoms with E-state index < -0.39 is 0 Å². The van der Waals surface area contributed by atoms with Crippen molar-refractivity contribution in [3.8, 4) is 22.3 Å². The Labute approximate surface area is 261 Å². The van der Waals surface area contributed by atoms with Gasteiger partial charge in [0.05, 0.1) is 0 Å². The lowest BCUT2D eigenvalue weighted by atomic mass is 9.73. The van der Waals surface area contributed by atoms with Gasteiger partial charge in [-0.15, -0.1) is 0 Å². The van der Waals surface area contributed by atoms with E-state index in [2.05, 4.69) is 108 Å². The number of benzene rings is 3. The second-order valence-corrected chi connectivity index (χ2v) is 14.9. The molecule has 2 aliphatic carbocycles. The van der Waals surface area contributed by atoms with Crippen LogP contribution in [0.25, 0.3) is 22.3 Å². The van der Waals surface area contributed by atoms with E-state index in [1.165, 1.54) is 132 Å². The van der Waals surface area contributed by atoms with Crippen molar-refractivity contribution in [2.45, 2.75) is 128 Å². The van der Waals surface area contributed by atoms with Crippen LogP contribution < -0.4 is 0 Å². The highest BCUT2D eigenvalue weighted by atomic mass is 79.9. The molecular formula is C38H48Br2. The van der Waals surface area contributed by atoms with Gasteiger partial charge in [-0.25, -0.2) is 0 Å². The number of halogens is 2. The molecule has 40 heavy (non-hydrogen) atoms. The second-order valence-electron chi connectivity index (χ2n) is 13.0. The minimum atomic E-state index is 0.0576. The lowest BCUT2D eigenvalue weighted by Crippen LogP contribution is -2.22. The monoisotopic (exact) mass is 662 g/mol. The first kappa shape index (κ1) is 30.1. The van der Waals surface area contributed by atoms with Crippen LogP contribution in [0.4, 0.5) is 0 Å². The molecule has 3 aromatic rings. The summed E-state index contributed by atoms with van der Waals surface area (Å²) >= 11 is 7.64. The number of hydrogen-bond donors (Lipinski definition) is 0. The molecule has 0 fully saturated rings. The van der Waals surface area contributed by atoms with E-state index in [0.29, 0.717) is 0 Å². The van der Waals surface area contributed by atoms with Gasteiger partial charge in [-0.3, -0.25) is 0 Å². The van der Waals surface area contributed by atoms with E-state index in [1.807, 2.05) is 0 Å². The average Bonchev–Trinajstić information content (AvgIpc) is 3.32. The molecule has 2 unspecified atom stereocenters. The van der Waals surface area contributed by atoms with Crippen molar-refractivity contribution in [3.05, 3.63) is 79.7 Å². The van der Waals surface area contributed by atoms with Gasteiger partial charge in [0.25, 0.3) is 0 Å². The Balaban J connectivity index is 1.52. The molecule has 0 saturated carbocycles. The zero-order valence-corrected chi connectivity index (χ0v) is 28.4. The summed E-state index contributed by atoms with van der Waals surface area (Å²) in [6, 6.07) is 19.3. The van der Waals surface area contributed by atoms with Gasteiger partial charge in [0.2, 0.25) is 0 Å². The van der Waals surface area contributed by atoms with E-state index in [0.717, 1.165) is 0 Å². The minimum absolute atomic E-state index is 0.0576. The Morgan fingerprint density at radius 2 is 0.800 bits per heavy atom. The molecule has 0 saturated heterocycles. The largest absolute Gasteiger partial charge is 0.0654 e. The van der Waals surface area contributed by atoms with Crippen LogP contribution in [0.5, 0.6) is 0 Å². The molecular weight excluding hydrogens is 616 g/mol. The molecule has 2 atom stereocenters. The first-order chi connectivity index (χ1) is 19.3. The van der Waals surface area contributed by atoms with E-state index in [1.54, 1.807) is 11.1 Å². The van der Waals surface area contributed by atoms with Gasteiger partial charge >= 0.3 is 0 Å². The van der Waals surface area contributed by atoms with Gasteiger partial charge in [-0.05, 0) is 93.7 Å². The molecule has 2 aliphatic rings. The van der Waals surface area contributed by atoms with Gasteiger partial charge in [0.15, 0.2) is 0 Å². The smallest absolute Gasteiger partial charge is 0.0187 e. The Morgan fingerprint density at radius 3 is 1.20 bits per heavy atom. The van der Waals surface area contributed by atoms with Crippen molar-refractivity contribution in [1.29, 1.82) is 0 Å². The SMILES string of the molecule is CCCCCCCCC1(C)c2cc(Br)ccc2-c2cc3c(cc21)-c1ccc(Br)cc1C3(C)CCCCCCCC. The maximum absolute atomic E-state index is 3.82. The van der Waals surface area contributed by atoms with E-state index in [4.69, 9.17) is 0 Å². The van der Waals surface area contributed by atoms with Gasteiger partial charge in [0.1, 0.15) is 0 Å². The molecule has 3 aromatic carbocycles. The lowest BCUT2D eigenvalue weighted by molar-refractivity contribution is 0.477. The Bertz CT molecular complexity index is 1230. The molecule has 0 nitrogen and oxygen atoms in total. The zero-order valence-electron chi connectivity index (χ0n) is 25.3. The molecule has 214 valence electrons. The Morgan fingerprint density at radius 1 is 0.450 bits per heavy atom. The van der Waals surface area contributed by atoms with Crippen molar-refractivity contribution in [2.75, 3.05) is 0 Å². The second kappa shape index (κ2) is 12.9. The quantitative estimate of drug-likeness (QED) is 0.151. The molecule has 0 N–H and O–H groups in total. The molecule has 2 heteroatoms. The van der Waals surface area contributed by atoms with Crippen LogP contribution in [0.2, 0.25) is 0 Å². The molecule has 0 spiro atoms. The molecule has 0 amide bonds. The minimum Gasteiger partial charge on any atom is -0.0654 e. The Hall–Kier alpha value is -1.38. The fourth-order valence-electron chi connectivity index (χ4n) is 7.72. The molecule has 0 heterocycles. The fourth-order valence-corrected chi connectivity index (χ4v) is 8.44. The molecule has 0 aromatic heterocycles. The van der Waals surface area contributed by atoms with Crippen molar-refractivity contribution in [2.24, 2.45) is 0 Å². The fraction of sp³-hybridized carbons (Fsp3) is 0.526. The first-order valence-electron chi connectivity index (χ1n) is 16.1. The van der Waals surface area contributed by atoms with Crippen LogP contribution in [0, 0.1) is 0 Å². The van der Waals surface area contributed by atoms with E-state index >= 15 is 0 Å². The summed E-state index contributed by atoms with van der Waals surface area (Å²) in [5.74, 6) is 0.